The van der Waals surface area contributed by atoms with E-state index in [4.69, 9.17) is 0 Å². The van der Waals surface area contributed by atoms with Crippen LogP contribution in [0.15, 0.2) is 47.6 Å². The van der Waals surface area contributed by atoms with E-state index >= 15 is 0 Å². The lowest BCUT2D eigenvalue weighted by Gasteiger charge is -2.09. The van der Waals surface area contributed by atoms with Gasteiger partial charge in [0, 0.05) is 11.1 Å². The van der Waals surface area contributed by atoms with Crippen LogP contribution in [-0.4, -0.2) is 26.2 Å². The van der Waals surface area contributed by atoms with Gasteiger partial charge in [0.2, 0.25) is 5.16 Å². The molecule has 1 unspecified atom stereocenters. The van der Waals surface area contributed by atoms with E-state index in [-0.39, 0.29) is 11.0 Å². The van der Waals surface area contributed by atoms with Gasteiger partial charge in [-0.05, 0) is 50.3 Å². The number of aromatic amines is 1. The Labute approximate surface area is 157 Å². The standard InChI is InChI=1S/C21H21N3OS/c1-13-6-8-16(9-7-13)20-22-21(24-23-20)26-14(2)19(25)18-11-10-15-4-3-5-17(15)12-18/h6-12,14H,3-5H2,1-2H3,(H,22,23,24). The zero-order valence-electron chi connectivity index (χ0n) is 15.0. The third-order valence-electron chi connectivity index (χ3n) is 4.82. The maximum absolute atomic E-state index is 12.8. The summed E-state index contributed by atoms with van der Waals surface area (Å²) in [6, 6.07) is 14.3. The van der Waals surface area contributed by atoms with Crippen LogP contribution in [0.25, 0.3) is 11.4 Å². The molecule has 0 amide bonds. The predicted molar refractivity (Wildman–Crippen MR) is 105 cm³/mol. The van der Waals surface area contributed by atoms with Crippen LogP contribution >= 0.6 is 11.8 Å². The van der Waals surface area contributed by atoms with Crippen molar-refractivity contribution in [3.63, 3.8) is 0 Å². The SMILES string of the molecule is Cc1ccc(-c2nc(SC(C)C(=O)c3ccc4c(c3)CCC4)n[nH]2)cc1. The molecule has 4 rings (SSSR count). The van der Waals surface area contributed by atoms with Gasteiger partial charge in [0.1, 0.15) is 0 Å². The highest BCUT2D eigenvalue weighted by Crippen LogP contribution is 2.27. The number of hydrogen-bond acceptors (Lipinski definition) is 4. The number of Topliss-reactive ketones (excluding diaryl/α,β-unsaturated/α-hetero) is 1. The van der Waals surface area contributed by atoms with Crippen molar-refractivity contribution in [2.45, 2.75) is 43.5 Å². The van der Waals surface area contributed by atoms with Crippen LogP contribution in [-0.2, 0) is 12.8 Å². The molecule has 132 valence electrons. The summed E-state index contributed by atoms with van der Waals surface area (Å²) in [5, 5.41) is 7.60. The van der Waals surface area contributed by atoms with Crippen LogP contribution in [0.2, 0.25) is 0 Å². The molecule has 4 nitrogen and oxygen atoms in total. The number of carbonyl (C=O) groups excluding carboxylic acids is 1. The molecule has 0 spiro atoms. The Bertz CT molecular complexity index is 946. The van der Waals surface area contributed by atoms with Crippen LogP contribution in [0.3, 0.4) is 0 Å². The van der Waals surface area contributed by atoms with Gasteiger partial charge < -0.3 is 0 Å². The lowest BCUT2D eigenvalue weighted by molar-refractivity contribution is 0.0994. The van der Waals surface area contributed by atoms with E-state index in [1.54, 1.807) is 0 Å². The van der Waals surface area contributed by atoms with Gasteiger partial charge in [-0.25, -0.2) is 4.98 Å². The molecule has 0 bridgehead atoms. The second-order valence-electron chi connectivity index (χ2n) is 6.79. The van der Waals surface area contributed by atoms with Crippen LogP contribution < -0.4 is 0 Å². The van der Waals surface area contributed by atoms with Crippen molar-refractivity contribution in [3.8, 4) is 11.4 Å². The highest BCUT2D eigenvalue weighted by atomic mass is 32.2. The van der Waals surface area contributed by atoms with Gasteiger partial charge in [0.25, 0.3) is 0 Å². The van der Waals surface area contributed by atoms with Gasteiger partial charge in [0.15, 0.2) is 11.6 Å². The molecule has 0 radical (unpaired) electrons. The van der Waals surface area contributed by atoms with Gasteiger partial charge in [0.05, 0.1) is 5.25 Å². The first kappa shape index (κ1) is 17.0. The third kappa shape index (κ3) is 3.44. The zero-order valence-corrected chi connectivity index (χ0v) is 15.8. The smallest absolute Gasteiger partial charge is 0.209 e. The average molecular weight is 363 g/mol. The van der Waals surface area contributed by atoms with E-state index in [2.05, 4.69) is 34.2 Å². The first-order valence-corrected chi connectivity index (χ1v) is 9.80. The number of H-pyrrole nitrogens is 1. The normalized spacial score (nSPS) is 14.2. The van der Waals surface area contributed by atoms with Crippen LogP contribution in [0.1, 0.15) is 40.4 Å². The summed E-state index contributed by atoms with van der Waals surface area (Å²) >= 11 is 1.40. The molecular weight excluding hydrogens is 342 g/mol. The average Bonchev–Trinajstić information content (AvgIpc) is 3.30. The van der Waals surface area contributed by atoms with E-state index in [9.17, 15) is 4.79 Å². The van der Waals surface area contributed by atoms with E-state index < -0.39 is 0 Å². The number of fused-ring (bicyclic) bond motifs is 1. The van der Waals surface area contributed by atoms with Crippen molar-refractivity contribution in [2.24, 2.45) is 0 Å². The number of nitrogens with zero attached hydrogens (tertiary/aromatic N) is 2. The Morgan fingerprint density at radius 3 is 2.69 bits per heavy atom. The highest BCUT2D eigenvalue weighted by molar-refractivity contribution is 8.00. The first-order valence-electron chi connectivity index (χ1n) is 8.92. The van der Waals surface area contributed by atoms with E-state index in [0.717, 1.165) is 29.8 Å². The molecule has 0 fully saturated rings. The van der Waals surface area contributed by atoms with Crippen molar-refractivity contribution in [1.82, 2.24) is 15.2 Å². The molecule has 1 N–H and O–H groups in total. The minimum atomic E-state index is -0.226. The minimum absolute atomic E-state index is 0.131. The lowest BCUT2D eigenvalue weighted by atomic mass is 10.0. The van der Waals surface area contributed by atoms with Gasteiger partial charge >= 0.3 is 0 Å². The van der Waals surface area contributed by atoms with Crippen molar-refractivity contribution >= 4 is 17.5 Å². The van der Waals surface area contributed by atoms with Gasteiger partial charge in [-0.1, -0.05) is 53.7 Å². The Balaban J connectivity index is 1.47. The van der Waals surface area contributed by atoms with Gasteiger partial charge in [-0.3, -0.25) is 9.89 Å². The molecule has 0 saturated heterocycles. The summed E-state index contributed by atoms with van der Waals surface area (Å²) in [5.41, 5.74) is 5.70. The number of thioether (sulfide) groups is 1. The molecule has 2 aromatic carbocycles. The van der Waals surface area contributed by atoms with E-state index in [1.165, 1.54) is 34.9 Å². The lowest BCUT2D eigenvalue weighted by Crippen LogP contribution is -2.14. The first-order chi connectivity index (χ1) is 12.6. The van der Waals surface area contributed by atoms with Crippen LogP contribution in [0, 0.1) is 6.92 Å². The quantitative estimate of drug-likeness (QED) is 0.530. The number of rotatable bonds is 5. The molecule has 5 heteroatoms. The Hall–Kier alpha value is -2.40. The fraction of sp³-hybridized carbons (Fsp3) is 0.286. The Kier molecular flexibility index (Phi) is 4.64. The summed E-state index contributed by atoms with van der Waals surface area (Å²) < 4.78 is 0. The number of ketones is 1. The molecule has 1 aliphatic carbocycles. The second-order valence-corrected chi connectivity index (χ2v) is 8.10. The highest BCUT2D eigenvalue weighted by Gasteiger charge is 2.21. The van der Waals surface area contributed by atoms with Crippen molar-refractivity contribution in [1.29, 1.82) is 0 Å². The minimum Gasteiger partial charge on any atom is -0.293 e. The molecule has 0 saturated carbocycles. The maximum Gasteiger partial charge on any atom is 0.209 e. The molecule has 1 heterocycles. The van der Waals surface area contributed by atoms with Crippen molar-refractivity contribution in [2.75, 3.05) is 0 Å². The molecular formula is C21H21N3OS. The number of aromatic nitrogens is 3. The second kappa shape index (κ2) is 7.08. The molecule has 1 aliphatic rings. The predicted octanol–water partition coefficient (Wildman–Crippen LogP) is 4.63. The summed E-state index contributed by atoms with van der Waals surface area (Å²) in [6.07, 6.45) is 3.40. The number of aryl methyl sites for hydroxylation is 3. The molecule has 1 aromatic heterocycles. The van der Waals surface area contributed by atoms with E-state index in [0.29, 0.717) is 5.16 Å². The van der Waals surface area contributed by atoms with Crippen LogP contribution in [0.4, 0.5) is 0 Å². The topological polar surface area (TPSA) is 58.6 Å². The maximum atomic E-state index is 12.8. The molecule has 26 heavy (non-hydrogen) atoms. The number of hydrogen-bond donors (Lipinski definition) is 1. The summed E-state index contributed by atoms with van der Waals surface area (Å²) in [5.74, 6) is 0.857. The molecule has 3 aromatic rings. The Morgan fingerprint density at radius 1 is 1.12 bits per heavy atom. The Morgan fingerprint density at radius 2 is 1.88 bits per heavy atom. The largest absolute Gasteiger partial charge is 0.293 e. The molecule has 1 atom stereocenters. The fourth-order valence-corrected chi connectivity index (χ4v) is 4.11. The third-order valence-corrected chi connectivity index (χ3v) is 5.79. The van der Waals surface area contributed by atoms with Gasteiger partial charge in [-0.15, -0.1) is 5.10 Å². The molecule has 0 aliphatic heterocycles. The summed E-state index contributed by atoms with van der Waals surface area (Å²) in [4.78, 5) is 17.3. The summed E-state index contributed by atoms with van der Waals surface area (Å²) in [6.45, 7) is 3.97. The number of benzene rings is 2. The summed E-state index contributed by atoms with van der Waals surface area (Å²) in [7, 11) is 0. The fourth-order valence-electron chi connectivity index (χ4n) is 3.31. The van der Waals surface area contributed by atoms with Crippen molar-refractivity contribution < 1.29 is 4.79 Å². The zero-order chi connectivity index (χ0) is 18.1. The number of carbonyl (C=O) groups is 1. The number of nitrogens with one attached hydrogen (secondary N) is 1. The van der Waals surface area contributed by atoms with Crippen molar-refractivity contribution in [3.05, 3.63) is 64.7 Å². The van der Waals surface area contributed by atoms with E-state index in [1.807, 2.05) is 37.3 Å². The monoisotopic (exact) mass is 363 g/mol. The van der Waals surface area contributed by atoms with Crippen LogP contribution in [0.5, 0.6) is 0 Å². The van der Waals surface area contributed by atoms with Gasteiger partial charge in [-0.2, -0.15) is 0 Å².